The number of aryl methyl sites for hydroxylation is 2. The molecule has 2 aromatic rings. The maximum absolute atomic E-state index is 13.0. The molecule has 0 bridgehead atoms. The lowest BCUT2D eigenvalue weighted by Gasteiger charge is -2.28. The van der Waals surface area contributed by atoms with E-state index in [0.717, 1.165) is 16.8 Å². The van der Waals surface area contributed by atoms with Gasteiger partial charge < -0.3 is 9.64 Å². The van der Waals surface area contributed by atoms with Gasteiger partial charge in [-0.1, -0.05) is 23.7 Å². The minimum absolute atomic E-state index is 0.0887. The lowest BCUT2D eigenvalue weighted by molar-refractivity contribution is -0.121. The molecule has 6 heteroatoms. The van der Waals surface area contributed by atoms with Gasteiger partial charge >= 0.3 is 0 Å². The van der Waals surface area contributed by atoms with Crippen LogP contribution in [0.4, 0.5) is 11.4 Å². The number of ether oxygens (including phenoxy) is 1. The maximum Gasteiger partial charge on any atom is 0.247 e. The van der Waals surface area contributed by atoms with Gasteiger partial charge in [0.15, 0.2) is 0 Å². The summed E-state index contributed by atoms with van der Waals surface area (Å²) in [5.41, 5.74) is 3.21. The lowest BCUT2D eigenvalue weighted by Crippen LogP contribution is -2.42. The Bertz CT molecular complexity index is 851. The fourth-order valence-electron chi connectivity index (χ4n) is 2.91. The van der Waals surface area contributed by atoms with Gasteiger partial charge in [0.05, 0.1) is 12.8 Å². The van der Waals surface area contributed by atoms with Crippen LogP contribution in [0.15, 0.2) is 36.4 Å². The monoisotopic (exact) mass is 388 g/mol. The molecule has 0 aliphatic carbocycles. The second kappa shape index (κ2) is 8.91. The van der Waals surface area contributed by atoms with Crippen molar-refractivity contribution in [3.8, 4) is 5.75 Å². The standard InChI is InChI=1S/C21H25ClN2O3/c1-6-23(17-9-7-8-14(2)10-17)21(26)13-24(16(4)25)19-11-15(3)18(22)12-20(19)27-5/h7-12H,6,13H2,1-5H3. The second-order valence-corrected chi connectivity index (χ2v) is 6.76. The second-order valence-electron chi connectivity index (χ2n) is 6.36. The molecule has 2 aromatic carbocycles. The fourth-order valence-corrected chi connectivity index (χ4v) is 3.06. The summed E-state index contributed by atoms with van der Waals surface area (Å²) in [7, 11) is 1.51. The van der Waals surface area contributed by atoms with Crippen molar-refractivity contribution in [2.24, 2.45) is 0 Å². The molecule has 2 amide bonds. The molecule has 0 aliphatic rings. The van der Waals surface area contributed by atoms with Gasteiger partial charge in [0.2, 0.25) is 11.8 Å². The van der Waals surface area contributed by atoms with Crippen LogP contribution in [0.2, 0.25) is 5.02 Å². The molecule has 0 spiro atoms. The molecule has 0 saturated carbocycles. The summed E-state index contributed by atoms with van der Waals surface area (Å²) >= 11 is 6.16. The first-order valence-electron chi connectivity index (χ1n) is 8.77. The van der Waals surface area contributed by atoms with Crippen LogP contribution < -0.4 is 14.5 Å². The zero-order chi connectivity index (χ0) is 20.1. The number of likely N-dealkylation sites (N-methyl/N-ethyl adjacent to an activating group) is 1. The van der Waals surface area contributed by atoms with E-state index in [0.29, 0.717) is 23.0 Å². The van der Waals surface area contributed by atoms with Crippen molar-refractivity contribution in [3.05, 3.63) is 52.5 Å². The zero-order valence-electron chi connectivity index (χ0n) is 16.4. The highest BCUT2D eigenvalue weighted by atomic mass is 35.5. The van der Waals surface area contributed by atoms with Crippen LogP contribution in [0.3, 0.4) is 0 Å². The molecule has 5 nitrogen and oxygen atoms in total. The minimum Gasteiger partial charge on any atom is -0.495 e. The number of amides is 2. The van der Waals surface area contributed by atoms with Crippen LogP contribution in [0, 0.1) is 13.8 Å². The maximum atomic E-state index is 13.0. The first kappa shape index (κ1) is 20.8. The number of carbonyl (C=O) groups excluding carboxylic acids is 2. The van der Waals surface area contributed by atoms with Crippen LogP contribution in [-0.2, 0) is 9.59 Å². The van der Waals surface area contributed by atoms with Crippen molar-refractivity contribution in [1.29, 1.82) is 0 Å². The van der Waals surface area contributed by atoms with E-state index in [-0.39, 0.29) is 18.4 Å². The Morgan fingerprint density at radius 1 is 1.11 bits per heavy atom. The SMILES string of the molecule is CCN(C(=O)CN(C(C)=O)c1cc(C)c(Cl)cc1OC)c1cccc(C)c1. The van der Waals surface area contributed by atoms with E-state index in [9.17, 15) is 9.59 Å². The normalized spacial score (nSPS) is 10.4. The van der Waals surface area contributed by atoms with E-state index in [1.807, 2.05) is 45.0 Å². The van der Waals surface area contributed by atoms with Gasteiger partial charge in [-0.3, -0.25) is 14.5 Å². The van der Waals surface area contributed by atoms with E-state index < -0.39 is 0 Å². The van der Waals surface area contributed by atoms with Crippen molar-refractivity contribution < 1.29 is 14.3 Å². The van der Waals surface area contributed by atoms with Crippen molar-refractivity contribution >= 4 is 34.8 Å². The number of carbonyl (C=O) groups is 2. The number of nitrogens with zero attached hydrogens (tertiary/aromatic N) is 2. The molecule has 0 N–H and O–H groups in total. The summed E-state index contributed by atoms with van der Waals surface area (Å²) in [5.74, 6) is 0.0313. The van der Waals surface area contributed by atoms with E-state index in [1.165, 1.54) is 18.9 Å². The van der Waals surface area contributed by atoms with Gasteiger partial charge in [-0.25, -0.2) is 0 Å². The molecule has 0 unspecified atom stereocenters. The van der Waals surface area contributed by atoms with E-state index >= 15 is 0 Å². The summed E-state index contributed by atoms with van der Waals surface area (Å²) in [6.45, 7) is 7.58. The number of hydrogen-bond donors (Lipinski definition) is 0. The smallest absolute Gasteiger partial charge is 0.247 e. The van der Waals surface area contributed by atoms with Gasteiger partial charge in [-0.05, 0) is 50.1 Å². The highest BCUT2D eigenvalue weighted by Gasteiger charge is 2.24. The zero-order valence-corrected chi connectivity index (χ0v) is 17.1. The molecular formula is C21H25ClN2O3. The Balaban J connectivity index is 2.37. The Morgan fingerprint density at radius 2 is 1.81 bits per heavy atom. The van der Waals surface area contributed by atoms with Crippen LogP contribution in [0.25, 0.3) is 0 Å². The molecule has 27 heavy (non-hydrogen) atoms. The first-order valence-corrected chi connectivity index (χ1v) is 9.15. The molecule has 0 aliphatic heterocycles. The topological polar surface area (TPSA) is 49.9 Å². The number of anilines is 2. The lowest BCUT2D eigenvalue weighted by atomic mass is 10.1. The Labute approximate surface area is 165 Å². The van der Waals surface area contributed by atoms with Crippen molar-refractivity contribution in [3.63, 3.8) is 0 Å². The van der Waals surface area contributed by atoms with E-state index in [2.05, 4.69) is 0 Å². The highest BCUT2D eigenvalue weighted by molar-refractivity contribution is 6.31. The van der Waals surface area contributed by atoms with Gasteiger partial charge in [-0.2, -0.15) is 0 Å². The van der Waals surface area contributed by atoms with Gasteiger partial charge in [0.25, 0.3) is 0 Å². The van der Waals surface area contributed by atoms with Crippen molar-refractivity contribution in [1.82, 2.24) is 0 Å². The van der Waals surface area contributed by atoms with Gasteiger partial charge in [0.1, 0.15) is 12.3 Å². The predicted molar refractivity (Wildman–Crippen MR) is 110 cm³/mol. The molecular weight excluding hydrogens is 364 g/mol. The molecule has 0 aromatic heterocycles. The number of rotatable bonds is 6. The summed E-state index contributed by atoms with van der Waals surface area (Å²) in [6, 6.07) is 11.1. The number of hydrogen-bond acceptors (Lipinski definition) is 3. The summed E-state index contributed by atoms with van der Waals surface area (Å²) in [4.78, 5) is 28.4. The van der Waals surface area contributed by atoms with Crippen LogP contribution >= 0.6 is 11.6 Å². The van der Waals surface area contributed by atoms with E-state index in [1.54, 1.807) is 17.0 Å². The number of methoxy groups -OCH3 is 1. The number of benzene rings is 2. The van der Waals surface area contributed by atoms with Crippen molar-refractivity contribution in [2.45, 2.75) is 27.7 Å². The Morgan fingerprint density at radius 3 is 2.37 bits per heavy atom. The third-order valence-corrected chi connectivity index (χ3v) is 4.76. The molecule has 0 saturated heterocycles. The predicted octanol–water partition coefficient (Wildman–Crippen LogP) is 4.37. The van der Waals surface area contributed by atoms with Gasteiger partial charge in [-0.15, -0.1) is 0 Å². The molecule has 0 atom stereocenters. The fraction of sp³-hybridized carbons (Fsp3) is 0.333. The van der Waals surface area contributed by atoms with Gasteiger partial charge in [0, 0.05) is 30.2 Å². The quantitative estimate of drug-likeness (QED) is 0.738. The average molecular weight is 389 g/mol. The summed E-state index contributed by atoms with van der Waals surface area (Å²) in [6.07, 6.45) is 0. The average Bonchev–Trinajstić information content (AvgIpc) is 2.62. The minimum atomic E-state index is -0.247. The van der Waals surface area contributed by atoms with E-state index in [4.69, 9.17) is 16.3 Å². The first-order chi connectivity index (χ1) is 12.8. The molecule has 2 rings (SSSR count). The molecule has 0 heterocycles. The molecule has 0 radical (unpaired) electrons. The third kappa shape index (κ3) is 4.80. The van der Waals surface area contributed by atoms with Crippen LogP contribution in [0.5, 0.6) is 5.75 Å². The summed E-state index contributed by atoms with van der Waals surface area (Å²) in [5, 5.41) is 0.542. The highest BCUT2D eigenvalue weighted by Crippen LogP contribution is 2.34. The Hall–Kier alpha value is -2.53. The van der Waals surface area contributed by atoms with Crippen LogP contribution in [0.1, 0.15) is 25.0 Å². The number of halogens is 1. The molecule has 0 fully saturated rings. The van der Waals surface area contributed by atoms with Crippen LogP contribution in [-0.4, -0.2) is 32.0 Å². The Kier molecular flexibility index (Phi) is 6.86. The molecule has 144 valence electrons. The van der Waals surface area contributed by atoms with Crippen molar-refractivity contribution in [2.75, 3.05) is 30.0 Å². The third-order valence-electron chi connectivity index (χ3n) is 4.36. The summed E-state index contributed by atoms with van der Waals surface area (Å²) < 4.78 is 5.38. The largest absolute Gasteiger partial charge is 0.495 e.